The van der Waals surface area contributed by atoms with Gasteiger partial charge in [-0.3, -0.25) is 9.59 Å². The maximum Gasteiger partial charge on any atom is 0.254 e. The summed E-state index contributed by atoms with van der Waals surface area (Å²) in [6, 6.07) is 6.49. The zero-order valence-electron chi connectivity index (χ0n) is 14.8. The van der Waals surface area contributed by atoms with Crippen LogP contribution in [0.15, 0.2) is 30.5 Å². The van der Waals surface area contributed by atoms with E-state index in [2.05, 4.69) is 10.3 Å². The second-order valence-electron chi connectivity index (χ2n) is 6.63. The van der Waals surface area contributed by atoms with Crippen molar-refractivity contribution in [2.45, 2.75) is 12.8 Å². The number of anilines is 1. The van der Waals surface area contributed by atoms with E-state index >= 15 is 0 Å². The summed E-state index contributed by atoms with van der Waals surface area (Å²) in [5.74, 6) is 0.652. The van der Waals surface area contributed by atoms with Gasteiger partial charge in [0.2, 0.25) is 12.7 Å². The van der Waals surface area contributed by atoms with Gasteiger partial charge in [-0.05, 0) is 37.1 Å². The Morgan fingerprint density at radius 2 is 2.07 bits per heavy atom. The molecule has 0 radical (unpaired) electrons. The van der Waals surface area contributed by atoms with Crippen LogP contribution in [-0.4, -0.2) is 41.6 Å². The van der Waals surface area contributed by atoms with Crippen molar-refractivity contribution in [1.29, 1.82) is 0 Å². The number of halogens is 2. The Balaban J connectivity index is 1.44. The number of benzene rings is 1. The summed E-state index contributed by atoms with van der Waals surface area (Å²) in [5.41, 5.74) is 0.412. The molecule has 4 rings (SSSR count). The molecule has 1 fully saturated rings. The number of nitrogens with one attached hydrogen (secondary N) is 1. The number of hydrogen-bond acceptors (Lipinski definition) is 5. The quantitative estimate of drug-likeness (QED) is 0.818. The molecule has 1 aromatic carbocycles. The van der Waals surface area contributed by atoms with Crippen LogP contribution in [0.1, 0.15) is 23.2 Å². The number of likely N-dealkylation sites (tertiary alicyclic amines) is 1. The van der Waals surface area contributed by atoms with Crippen molar-refractivity contribution in [2.75, 3.05) is 25.2 Å². The van der Waals surface area contributed by atoms with Crippen molar-refractivity contribution in [2.24, 2.45) is 5.92 Å². The molecule has 2 aromatic rings. The lowest BCUT2D eigenvalue weighted by Gasteiger charge is -2.32. The highest BCUT2D eigenvalue weighted by atomic mass is 35.5. The van der Waals surface area contributed by atoms with Gasteiger partial charge in [-0.1, -0.05) is 23.2 Å². The van der Waals surface area contributed by atoms with Crippen molar-refractivity contribution < 1.29 is 19.1 Å². The van der Waals surface area contributed by atoms with Gasteiger partial charge in [-0.2, -0.15) is 0 Å². The fraction of sp³-hybridized carbons (Fsp3) is 0.316. The first-order valence-corrected chi connectivity index (χ1v) is 9.57. The number of ether oxygens (including phenoxy) is 2. The summed E-state index contributed by atoms with van der Waals surface area (Å²) in [5, 5.41) is 3.60. The second kappa shape index (κ2) is 7.85. The summed E-state index contributed by atoms with van der Waals surface area (Å²) >= 11 is 12.0. The van der Waals surface area contributed by atoms with Crippen LogP contribution in [0.3, 0.4) is 0 Å². The Morgan fingerprint density at radius 3 is 2.86 bits per heavy atom. The van der Waals surface area contributed by atoms with E-state index in [1.165, 1.54) is 6.20 Å². The summed E-state index contributed by atoms with van der Waals surface area (Å²) in [6.07, 6.45) is 2.90. The molecular formula is C19H17Cl2N3O4. The maximum atomic E-state index is 12.9. The number of amides is 2. The van der Waals surface area contributed by atoms with E-state index in [1.54, 1.807) is 29.2 Å². The second-order valence-corrected chi connectivity index (χ2v) is 7.48. The van der Waals surface area contributed by atoms with Gasteiger partial charge in [-0.15, -0.1) is 0 Å². The number of rotatable bonds is 3. The predicted molar refractivity (Wildman–Crippen MR) is 104 cm³/mol. The summed E-state index contributed by atoms with van der Waals surface area (Å²) in [4.78, 5) is 31.2. The number of carbonyl (C=O) groups excluding carboxylic acids is 2. The fourth-order valence-corrected chi connectivity index (χ4v) is 3.70. The molecule has 0 bridgehead atoms. The minimum atomic E-state index is -0.320. The number of carbonyl (C=O) groups is 2. The summed E-state index contributed by atoms with van der Waals surface area (Å²) < 4.78 is 10.6. The Hall–Kier alpha value is -2.51. The first kappa shape index (κ1) is 18.8. The molecule has 2 amide bonds. The van der Waals surface area contributed by atoms with Gasteiger partial charge in [0.1, 0.15) is 5.82 Å². The van der Waals surface area contributed by atoms with E-state index in [0.717, 1.165) is 6.42 Å². The number of pyridine rings is 1. The lowest BCUT2D eigenvalue weighted by molar-refractivity contribution is -0.121. The molecule has 1 aromatic heterocycles. The first-order valence-electron chi connectivity index (χ1n) is 8.82. The number of hydrogen-bond donors (Lipinski definition) is 1. The molecule has 1 unspecified atom stereocenters. The van der Waals surface area contributed by atoms with Crippen LogP contribution in [0, 0.1) is 5.92 Å². The van der Waals surface area contributed by atoms with E-state index in [4.69, 9.17) is 32.7 Å². The van der Waals surface area contributed by atoms with Crippen LogP contribution in [-0.2, 0) is 4.79 Å². The average molecular weight is 422 g/mol. The number of nitrogens with zero attached hydrogens (tertiary/aromatic N) is 2. The third kappa shape index (κ3) is 3.86. The van der Waals surface area contributed by atoms with E-state index < -0.39 is 0 Å². The van der Waals surface area contributed by atoms with Gasteiger partial charge < -0.3 is 19.7 Å². The van der Waals surface area contributed by atoms with Crippen LogP contribution in [0.25, 0.3) is 0 Å². The lowest BCUT2D eigenvalue weighted by Crippen LogP contribution is -2.43. The molecule has 0 saturated carbocycles. The van der Waals surface area contributed by atoms with Gasteiger partial charge in [-0.25, -0.2) is 4.98 Å². The maximum absolute atomic E-state index is 12.9. The van der Waals surface area contributed by atoms with E-state index in [1.807, 2.05) is 0 Å². The van der Waals surface area contributed by atoms with Crippen LogP contribution in [0.5, 0.6) is 11.5 Å². The van der Waals surface area contributed by atoms with Crippen molar-refractivity contribution in [3.8, 4) is 11.5 Å². The SMILES string of the molecule is O=C(Nc1ccc(Cl)cn1)C1CCCN(C(=O)c2cc(Cl)c3c(c2)OCO3)C1. The van der Waals surface area contributed by atoms with Gasteiger partial charge in [0.15, 0.2) is 11.5 Å². The topological polar surface area (TPSA) is 80.8 Å². The molecule has 2 aliphatic heterocycles. The summed E-state index contributed by atoms with van der Waals surface area (Å²) in [6.45, 7) is 0.982. The molecule has 1 N–H and O–H groups in total. The smallest absolute Gasteiger partial charge is 0.254 e. The highest BCUT2D eigenvalue weighted by molar-refractivity contribution is 6.32. The van der Waals surface area contributed by atoms with Crippen LogP contribution < -0.4 is 14.8 Å². The minimum absolute atomic E-state index is 0.0807. The van der Waals surface area contributed by atoms with Gasteiger partial charge in [0.25, 0.3) is 5.91 Å². The lowest BCUT2D eigenvalue weighted by atomic mass is 9.96. The molecule has 28 heavy (non-hydrogen) atoms. The Morgan fingerprint density at radius 1 is 1.21 bits per heavy atom. The number of fused-ring (bicyclic) bond motifs is 1. The van der Waals surface area contributed by atoms with Crippen LogP contribution >= 0.6 is 23.2 Å². The zero-order chi connectivity index (χ0) is 19.7. The first-order chi connectivity index (χ1) is 13.5. The molecule has 1 atom stereocenters. The van der Waals surface area contributed by atoms with Crippen LogP contribution in [0.2, 0.25) is 10.0 Å². The standard InChI is InChI=1S/C19H17Cl2N3O4/c20-13-3-4-16(22-8-13)23-18(25)11-2-1-5-24(9-11)19(26)12-6-14(21)17-15(7-12)27-10-28-17/h3-4,6-8,11H,1-2,5,9-10H2,(H,22,23,25). The molecule has 1 saturated heterocycles. The third-order valence-corrected chi connectivity index (χ3v) is 5.24. The molecule has 9 heteroatoms. The summed E-state index contributed by atoms with van der Waals surface area (Å²) in [7, 11) is 0. The van der Waals surface area contributed by atoms with Gasteiger partial charge in [0.05, 0.1) is 16.0 Å². The minimum Gasteiger partial charge on any atom is -0.454 e. The molecule has 2 aliphatic rings. The van der Waals surface area contributed by atoms with Crippen molar-refractivity contribution in [1.82, 2.24) is 9.88 Å². The number of piperidine rings is 1. The highest BCUT2D eigenvalue weighted by Crippen LogP contribution is 2.40. The third-order valence-electron chi connectivity index (χ3n) is 4.73. The molecule has 0 spiro atoms. The number of aromatic nitrogens is 1. The predicted octanol–water partition coefficient (Wildman–Crippen LogP) is 3.61. The molecule has 0 aliphatic carbocycles. The average Bonchev–Trinajstić information content (AvgIpc) is 3.18. The zero-order valence-corrected chi connectivity index (χ0v) is 16.3. The van der Waals surface area contributed by atoms with E-state index in [0.29, 0.717) is 52.4 Å². The monoisotopic (exact) mass is 421 g/mol. The van der Waals surface area contributed by atoms with E-state index in [-0.39, 0.29) is 24.5 Å². The Bertz CT molecular complexity index is 920. The molecule has 146 valence electrons. The molecule has 3 heterocycles. The van der Waals surface area contributed by atoms with Crippen molar-refractivity contribution >= 4 is 40.8 Å². The Labute approximate surface area is 171 Å². The van der Waals surface area contributed by atoms with Crippen molar-refractivity contribution in [3.05, 3.63) is 46.1 Å². The highest BCUT2D eigenvalue weighted by Gasteiger charge is 2.30. The van der Waals surface area contributed by atoms with Crippen molar-refractivity contribution in [3.63, 3.8) is 0 Å². The normalized spacial score (nSPS) is 18.1. The van der Waals surface area contributed by atoms with Gasteiger partial charge >= 0.3 is 0 Å². The largest absolute Gasteiger partial charge is 0.454 e. The fourth-order valence-electron chi connectivity index (χ4n) is 3.33. The molecular weight excluding hydrogens is 405 g/mol. The van der Waals surface area contributed by atoms with E-state index in [9.17, 15) is 9.59 Å². The van der Waals surface area contributed by atoms with Gasteiger partial charge in [0, 0.05) is 24.8 Å². The van der Waals surface area contributed by atoms with Crippen LogP contribution in [0.4, 0.5) is 5.82 Å². The Kier molecular flexibility index (Phi) is 5.28. The molecule has 7 nitrogen and oxygen atoms in total.